The van der Waals surface area contributed by atoms with Gasteiger partial charge in [0.15, 0.2) is 0 Å². The van der Waals surface area contributed by atoms with Crippen molar-refractivity contribution in [1.29, 1.82) is 0 Å². The number of rotatable bonds is 6. The molecule has 0 fully saturated rings. The highest BCUT2D eigenvalue weighted by Crippen LogP contribution is 2.25. The monoisotopic (exact) mass is 284 g/mol. The zero-order valence-electron chi connectivity index (χ0n) is 13.1. The summed E-state index contributed by atoms with van der Waals surface area (Å²) in [5.74, 6) is 0.884. The molecule has 2 N–H and O–H groups in total. The van der Waals surface area contributed by atoms with Gasteiger partial charge in [0.05, 0.1) is 18.5 Å². The van der Waals surface area contributed by atoms with Crippen molar-refractivity contribution in [1.82, 2.24) is 0 Å². The van der Waals surface area contributed by atoms with Crippen molar-refractivity contribution >= 4 is 11.4 Å². The molecule has 0 amide bonds. The fraction of sp³-hybridized carbons (Fsp3) is 0.333. The van der Waals surface area contributed by atoms with Crippen LogP contribution in [0.1, 0.15) is 25.0 Å². The SMILES string of the molecule is CCN(CC)c1ccc(Cc2ccc(OC)cc2)cc1N. The Bertz CT molecular complexity index is 574. The molecule has 0 aliphatic carbocycles. The molecule has 0 spiro atoms. The molecule has 21 heavy (non-hydrogen) atoms. The van der Waals surface area contributed by atoms with E-state index < -0.39 is 0 Å². The highest BCUT2D eigenvalue weighted by molar-refractivity contribution is 5.68. The number of ether oxygens (including phenoxy) is 1. The Morgan fingerprint density at radius 1 is 0.952 bits per heavy atom. The second-order valence-corrected chi connectivity index (χ2v) is 5.09. The van der Waals surface area contributed by atoms with Gasteiger partial charge in [-0.2, -0.15) is 0 Å². The first-order valence-corrected chi connectivity index (χ1v) is 7.44. The van der Waals surface area contributed by atoms with E-state index in [9.17, 15) is 0 Å². The van der Waals surface area contributed by atoms with Crippen molar-refractivity contribution in [2.75, 3.05) is 30.8 Å². The van der Waals surface area contributed by atoms with Crippen molar-refractivity contribution in [3.8, 4) is 5.75 Å². The summed E-state index contributed by atoms with van der Waals surface area (Å²) in [6, 6.07) is 14.5. The summed E-state index contributed by atoms with van der Waals surface area (Å²) in [4.78, 5) is 2.27. The number of hydrogen-bond acceptors (Lipinski definition) is 3. The molecular weight excluding hydrogens is 260 g/mol. The zero-order chi connectivity index (χ0) is 15.2. The molecule has 112 valence electrons. The lowest BCUT2D eigenvalue weighted by Gasteiger charge is -2.23. The normalized spacial score (nSPS) is 10.4. The van der Waals surface area contributed by atoms with Crippen LogP contribution in [0.2, 0.25) is 0 Å². The maximum Gasteiger partial charge on any atom is 0.118 e. The van der Waals surface area contributed by atoms with Gasteiger partial charge in [0.25, 0.3) is 0 Å². The van der Waals surface area contributed by atoms with Crippen LogP contribution in [0.4, 0.5) is 11.4 Å². The van der Waals surface area contributed by atoms with E-state index in [-0.39, 0.29) is 0 Å². The third-order valence-corrected chi connectivity index (χ3v) is 3.76. The maximum atomic E-state index is 6.21. The second-order valence-electron chi connectivity index (χ2n) is 5.09. The third-order valence-electron chi connectivity index (χ3n) is 3.76. The fourth-order valence-corrected chi connectivity index (χ4v) is 2.55. The number of nitrogens with two attached hydrogens (primary N) is 1. The summed E-state index contributed by atoms with van der Waals surface area (Å²) < 4.78 is 5.18. The number of methoxy groups -OCH3 is 1. The molecule has 2 aromatic carbocycles. The molecule has 0 bridgehead atoms. The van der Waals surface area contributed by atoms with Crippen LogP contribution in [0.25, 0.3) is 0 Å². The Labute approximate surface area is 127 Å². The molecule has 0 aliphatic rings. The van der Waals surface area contributed by atoms with E-state index in [1.807, 2.05) is 12.1 Å². The molecule has 0 atom stereocenters. The minimum Gasteiger partial charge on any atom is -0.497 e. The highest BCUT2D eigenvalue weighted by atomic mass is 16.5. The Balaban J connectivity index is 2.15. The first kappa shape index (κ1) is 15.2. The van der Waals surface area contributed by atoms with Gasteiger partial charge in [-0.25, -0.2) is 0 Å². The van der Waals surface area contributed by atoms with Gasteiger partial charge in [0.2, 0.25) is 0 Å². The zero-order valence-corrected chi connectivity index (χ0v) is 13.1. The molecule has 0 unspecified atom stereocenters. The molecular formula is C18H24N2O. The van der Waals surface area contributed by atoms with E-state index in [1.165, 1.54) is 11.1 Å². The van der Waals surface area contributed by atoms with Crippen molar-refractivity contribution in [3.05, 3.63) is 53.6 Å². The van der Waals surface area contributed by atoms with Crippen LogP contribution < -0.4 is 15.4 Å². The van der Waals surface area contributed by atoms with Crippen molar-refractivity contribution in [3.63, 3.8) is 0 Å². The Morgan fingerprint density at radius 3 is 2.10 bits per heavy atom. The Kier molecular flexibility index (Phi) is 5.09. The fourth-order valence-electron chi connectivity index (χ4n) is 2.55. The van der Waals surface area contributed by atoms with Gasteiger partial charge < -0.3 is 15.4 Å². The van der Waals surface area contributed by atoms with E-state index in [0.29, 0.717) is 0 Å². The van der Waals surface area contributed by atoms with E-state index >= 15 is 0 Å². The summed E-state index contributed by atoms with van der Waals surface area (Å²) in [6.07, 6.45) is 0.882. The summed E-state index contributed by atoms with van der Waals surface area (Å²) in [6.45, 7) is 6.24. The van der Waals surface area contributed by atoms with Crippen LogP contribution in [0.15, 0.2) is 42.5 Å². The Morgan fingerprint density at radius 2 is 1.57 bits per heavy atom. The van der Waals surface area contributed by atoms with Crippen molar-refractivity contribution in [2.24, 2.45) is 0 Å². The molecule has 0 radical (unpaired) electrons. The second kappa shape index (κ2) is 7.02. The van der Waals surface area contributed by atoms with E-state index in [2.05, 4.69) is 49.1 Å². The van der Waals surface area contributed by atoms with Crippen LogP contribution in [0.5, 0.6) is 5.75 Å². The van der Waals surface area contributed by atoms with Crippen LogP contribution in [0.3, 0.4) is 0 Å². The summed E-state index contributed by atoms with van der Waals surface area (Å²) in [7, 11) is 1.68. The van der Waals surface area contributed by atoms with Crippen molar-refractivity contribution in [2.45, 2.75) is 20.3 Å². The van der Waals surface area contributed by atoms with Gasteiger partial charge in [-0.1, -0.05) is 18.2 Å². The molecule has 2 aromatic rings. The van der Waals surface area contributed by atoms with Crippen LogP contribution >= 0.6 is 0 Å². The maximum absolute atomic E-state index is 6.21. The van der Waals surface area contributed by atoms with Gasteiger partial charge in [-0.05, 0) is 55.7 Å². The lowest BCUT2D eigenvalue weighted by atomic mass is 10.0. The first-order chi connectivity index (χ1) is 10.2. The first-order valence-electron chi connectivity index (χ1n) is 7.44. The third kappa shape index (κ3) is 3.69. The lowest BCUT2D eigenvalue weighted by Crippen LogP contribution is -2.22. The van der Waals surface area contributed by atoms with E-state index in [0.717, 1.165) is 36.6 Å². The molecule has 0 aromatic heterocycles. The molecule has 2 rings (SSSR count). The van der Waals surface area contributed by atoms with E-state index in [1.54, 1.807) is 7.11 Å². The van der Waals surface area contributed by atoms with Crippen LogP contribution in [-0.4, -0.2) is 20.2 Å². The molecule has 3 heteroatoms. The molecule has 0 heterocycles. The molecule has 0 aliphatic heterocycles. The van der Waals surface area contributed by atoms with Crippen LogP contribution in [0, 0.1) is 0 Å². The number of anilines is 2. The number of nitrogen functional groups attached to an aromatic ring is 1. The predicted octanol–water partition coefficient (Wildman–Crippen LogP) is 3.71. The van der Waals surface area contributed by atoms with Gasteiger partial charge >= 0.3 is 0 Å². The smallest absolute Gasteiger partial charge is 0.118 e. The van der Waals surface area contributed by atoms with Gasteiger partial charge in [-0.15, -0.1) is 0 Å². The van der Waals surface area contributed by atoms with Gasteiger partial charge in [0, 0.05) is 13.1 Å². The lowest BCUT2D eigenvalue weighted by molar-refractivity contribution is 0.414. The molecule has 0 saturated carbocycles. The average molecular weight is 284 g/mol. The van der Waals surface area contributed by atoms with Crippen molar-refractivity contribution < 1.29 is 4.74 Å². The number of nitrogens with zero attached hydrogens (tertiary/aromatic N) is 1. The quantitative estimate of drug-likeness (QED) is 0.822. The van der Waals surface area contributed by atoms with E-state index in [4.69, 9.17) is 10.5 Å². The summed E-state index contributed by atoms with van der Waals surface area (Å²) in [5.41, 5.74) is 10.7. The average Bonchev–Trinajstić information content (AvgIpc) is 2.51. The standard InChI is InChI=1S/C18H24N2O/c1-4-20(5-2)18-11-8-15(13-17(18)19)12-14-6-9-16(21-3)10-7-14/h6-11,13H,4-5,12,19H2,1-3H3. The predicted molar refractivity (Wildman–Crippen MR) is 90.2 cm³/mol. The van der Waals surface area contributed by atoms with Crippen LogP contribution in [-0.2, 0) is 6.42 Å². The molecule has 0 saturated heterocycles. The minimum absolute atomic E-state index is 0.852. The van der Waals surface area contributed by atoms with Gasteiger partial charge in [-0.3, -0.25) is 0 Å². The largest absolute Gasteiger partial charge is 0.497 e. The molecule has 3 nitrogen and oxygen atoms in total. The number of hydrogen-bond donors (Lipinski definition) is 1. The minimum atomic E-state index is 0.852. The number of benzene rings is 2. The highest BCUT2D eigenvalue weighted by Gasteiger charge is 2.07. The summed E-state index contributed by atoms with van der Waals surface area (Å²) in [5, 5.41) is 0. The summed E-state index contributed by atoms with van der Waals surface area (Å²) >= 11 is 0. The topological polar surface area (TPSA) is 38.5 Å². The van der Waals surface area contributed by atoms with Gasteiger partial charge in [0.1, 0.15) is 5.75 Å². The Hall–Kier alpha value is -2.16.